The quantitative estimate of drug-likeness (QED) is 0.562. The fraction of sp³-hybridized carbons (Fsp3) is 0.625. The summed E-state index contributed by atoms with van der Waals surface area (Å²) in [5.41, 5.74) is 1.53. The zero-order valence-electron chi connectivity index (χ0n) is 18.3. The number of aliphatic carboxylic acids is 1. The molecule has 4 aliphatic carbocycles. The normalized spacial score (nSPS) is 27.8. The van der Waals surface area contributed by atoms with Gasteiger partial charge in [0.15, 0.2) is 0 Å². The average Bonchev–Trinajstić information content (AvgIpc) is 3.09. The third kappa shape index (κ3) is 4.29. The first kappa shape index (κ1) is 22.1. The van der Waals surface area contributed by atoms with Gasteiger partial charge >= 0.3 is 5.97 Å². The predicted octanol–water partition coefficient (Wildman–Crippen LogP) is 4.53. The van der Waals surface area contributed by atoms with E-state index in [2.05, 4.69) is 10.6 Å². The molecule has 4 atom stereocenters. The summed E-state index contributed by atoms with van der Waals surface area (Å²) in [6, 6.07) is 0.185. The van der Waals surface area contributed by atoms with Crippen molar-refractivity contribution in [2.24, 2.45) is 23.7 Å². The molecule has 31 heavy (non-hydrogen) atoms. The number of aryl methyl sites for hydroxylation is 1. The van der Waals surface area contributed by atoms with E-state index in [0.29, 0.717) is 17.0 Å². The van der Waals surface area contributed by atoms with Crippen LogP contribution in [0, 0.1) is 30.6 Å². The van der Waals surface area contributed by atoms with Gasteiger partial charge in [-0.1, -0.05) is 38.3 Å². The van der Waals surface area contributed by atoms with Crippen molar-refractivity contribution in [1.29, 1.82) is 0 Å². The van der Waals surface area contributed by atoms with E-state index in [1.165, 1.54) is 17.8 Å². The van der Waals surface area contributed by atoms with E-state index in [9.17, 15) is 19.5 Å². The molecule has 2 fully saturated rings. The van der Waals surface area contributed by atoms with Crippen molar-refractivity contribution < 1.29 is 19.5 Å². The summed E-state index contributed by atoms with van der Waals surface area (Å²) in [4.78, 5) is 39.5. The van der Waals surface area contributed by atoms with Gasteiger partial charge in [0.25, 0.3) is 5.91 Å². The van der Waals surface area contributed by atoms with Gasteiger partial charge in [-0.3, -0.25) is 14.4 Å². The SMILES string of the molecule is CCc1c(C)sc(NC(=O)[C@@H]2[C@@H](C(=O)O)[C@H]3C=C[C@@H]2CC3)c1C(=O)NC1CCCCC1. The number of thiophene rings is 1. The first-order chi connectivity index (χ1) is 14.9. The van der Waals surface area contributed by atoms with E-state index in [-0.39, 0.29) is 29.7 Å². The number of carboxylic acids is 1. The Kier molecular flexibility index (Phi) is 6.51. The lowest BCUT2D eigenvalue weighted by atomic mass is 9.62. The van der Waals surface area contributed by atoms with E-state index >= 15 is 0 Å². The summed E-state index contributed by atoms with van der Waals surface area (Å²) in [7, 11) is 0. The Balaban J connectivity index is 1.58. The molecule has 1 aromatic heterocycles. The molecule has 2 amide bonds. The minimum Gasteiger partial charge on any atom is -0.481 e. The molecule has 0 saturated heterocycles. The maximum absolute atomic E-state index is 13.3. The Morgan fingerprint density at radius 3 is 2.26 bits per heavy atom. The largest absolute Gasteiger partial charge is 0.481 e. The molecule has 1 heterocycles. The standard InChI is InChI=1S/C24H32N2O4S/c1-3-17-13(2)31-23(20(17)22(28)25-16-7-5-4-6-8-16)26-21(27)18-14-9-11-15(12-10-14)19(18)24(29)30/h9,11,14-16,18-19H,3-8,10,12H2,1-2H3,(H,25,28)(H,26,27)(H,29,30)/t14-,15+,18+,19+/m1/s1. The maximum Gasteiger partial charge on any atom is 0.307 e. The van der Waals surface area contributed by atoms with Gasteiger partial charge in [0.1, 0.15) is 5.00 Å². The Morgan fingerprint density at radius 1 is 1.03 bits per heavy atom. The minimum absolute atomic E-state index is 0.0580. The Hall–Kier alpha value is -2.15. The molecular weight excluding hydrogens is 412 g/mol. The third-order valence-electron chi connectivity index (χ3n) is 7.30. The maximum atomic E-state index is 13.3. The minimum atomic E-state index is -0.911. The first-order valence-corrected chi connectivity index (χ1v) is 12.4. The molecule has 7 heteroatoms. The summed E-state index contributed by atoms with van der Waals surface area (Å²) in [5.74, 6) is -2.75. The van der Waals surface area contributed by atoms with Crippen LogP contribution in [0.15, 0.2) is 12.2 Å². The number of hydrogen-bond acceptors (Lipinski definition) is 4. The topological polar surface area (TPSA) is 95.5 Å². The number of allylic oxidation sites excluding steroid dienone is 2. The fourth-order valence-electron chi connectivity index (χ4n) is 5.72. The van der Waals surface area contributed by atoms with Crippen LogP contribution in [0.5, 0.6) is 0 Å². The van der Waals surface area contributed by atoms with Crippen molar-refractivity contribution in [2.45, 2.75) is 71.3 Å². The second kappa shape index (κ2) is 9.15. The molecule has 0 unspecified atom stereocenters. The zero-order valence-corrected chi connectivity index (χ0v) is 19.1. The van der Waals surface area contributed by atoms with Crippen LogP contribution < -0.4 is 10.6 Å². The van der Waals surface area contributed by atoms with Crippen LogP contribution in [0.3, 0.4) is 0 Å². The monoisotopic (exact) mass is 444 g/mol. The van der Waals surface area contributed by atoms with Crippen molar-refractivity contribution in [3.8, 4) is 0 Å². The third-order valence-corrected chi connectivity index (χ3v) is 8.37. The van der Waals surface area contributed by atoms with Crippen LogP contribution in [-0.4, -0.2) is 28.9 Å². The second-order valence-electron chi connectivity index (χ2n) is 9.17. The van der Waals surface area contributed by atoms with Gasteiger partial charge in [0, 0.05) is 10.9 Å². The van der Waals surface area contributed by atoms with Crippen LogP contribution in [0.25, 0.3) is 0 Å². The summed E-state index contributed by atoms with van der Waals surface area (Å²) in [6.45, 7) is 3.99. The van der Waals surface area contributed by atoms with Gasteiger partial charge in [0.2, 0.25) is 5.91 Å². The molecular formula is C24H32N2O4S. The molecule has 5 rings (SSSR count). The fourth-order valence-corrected chi connectivity index (χ4v) is 6.87. The highest BCUT2D eigenvalue weighted by Crippen LogP contribution is 2.46. The Bertz CT molecular complexity index is 900. The smallest absolute Gasteiger partial charge is 0.307 e. The number of carbonyl (C=O) groups is 3. The van der Waals surface area contributed by atoms with Crippen LogP contribution in [-0.2, 0) is 16.0 Å². The van der Waals surface area contributed by atoms with E-state index < -0.39 is 17.8 Å². The summed E-state index contributed by atoms with van der Waals surface area (Å²) >= 11 is 1.42. The van der Waals surface area contributed by atoms with Crippen molar-refractivity contribution in [2.75, 3.05) is 5.32 Å². The van der Waals surface area contributed by atoms with Gasteiger partial charge in [-0.2, -0.15) is 0 Å². The molecule has 2 bridgehead atoms. The van der Waals surface area contributed by atoms with Crippen molar-refractivity contribution >= 4 is 34.1 Å². The Morgan fingerprint density at radius 2 is 1.68 bits per heavy atom. The Labute approximate surface area is 187 Å². The predicted molar refractivity (Wildman–Crippen MR) is 121 cm³/mol. The molecule has 0 aromatic carbocycles. The highest BCUT2D eigenvalue weighted by atomic mass is 32.1. The van der Waals surface area contributed by atoms with Crippen molar-refractivity contribution in [3.63, 3.8) is 0 Å². The second-order valence-corrected chi connectivity index (χ2v) is 10.4. The van der Waals surface area contributed by atoms with Gasteiger partial charge in [0.05, 0.1) is 17.4 Å². The summed E-state index contributed by atoms with van der Waals surface area (Å²) < 4.78 is 0. The molecule has 1 aromatic rings. The van der Waals surface area contributed by atoms with Crippen LogP contribution >= 0.6 is 11.3 Å². The van der Waals surface area contributed by atoms with E-state index in [1.807, 2.05) is 26.0 Å². The lowest BCUT2D eigenvalue weighted by Gasteiger charge is -2.41. The molecule has 2 saturated carbocycles. The number of nitrogens with one attached hydrogen (secondary N) is 2. The van der Waals surface area contributed by atoms with E-state index in [0.717, 1.165) is 49.0 Å². The highest BCUT2D eigenvalue weighted by Gasteiger charge is 2.48. The van der Waals surface area contributed by atoms with Crippen LogP contribution in [0.1, 0.15) is 72.7 Å². The number of amides is 2. The zero-order chi connectivity index (χ0) is 22.1. The van der Waals surface area contributed by atoms with Gasteiger partial charge in [-0.25, -0.2) is 0 Å². The summed E-state index contributed by atoms with van der Waals surface area (Å²) in [5, 5.41) is 16.5. The van der Waals surface area contributed by atoms with Gasteiger partial charge in [-0.15, -0.1) is 11.3 Å². The van der Waals surface area contributed by atoms with E-state index in [1.54, 1.807) is 0 Å². The van der Waals surface area contributed by atoms with Crippen molar-refractivity contribution in [3.05, 3.63) is 28.2 Å². The molecule has 3 N–H and O–H groups in total. The molecule has 0 spiro atoms. The molecule has 168 valence electrons. The summed E-state index contributed by atoms with van der Waals surface area (Å²) in [6.07, 6.45) is 11.8. The van der Waals surface area contributed by atoms with Crippen molar-refractivity contribution in [1.82, 2.24) is 5.32 Å². The average molecular weight is 445 g/mol. The number of carbonyl (C=O) groups excluding carboxylic acids is 2. The number of anilines is 1. The highest BCUT2D eigenvalue weighted by molar-refractivity contribution is 7.16. The van der Waals surface area contributed by atoms with E-state index in [4.69, 9.17) is 0 Å². The van der Waals surface area contributed by atoms with Crippen LogP contribution in [0.4, 0.5) is 5.00 Å². The molecule has 4 aliphatic rings. The number of hydrogen-bond donors (Lipinski definition) is 3. The lowest BCUT2D eigenvalue weighted by Crippen LogP contribution is -2.47. The first-order valence-electron chi connectivity index (χ1n) is 11.6. The number of fused-ring (bicyclic) bond motifs is 2. The van der Waals surface area contributed by atoms with Crippen LogP contribution in [0.2, 0.25) is 0 Å². The lowest BCUT2D eigenvalue weighted by molar-refractivity contribution is -0.151. The molecule has 0 aliphatic heterocycles. The van der Waals surface area contributed by atoms with Gasteiger partial charge in [-0.05, 0) is 56.4 Å². The molecule has 0 radical (unpaired) electrons. The number of carboxylic acid groups (broad SMARTS) is 1. The number of rotatable bonds is 6. The van der Waals surface area contributed by atoms with Gasteiger partial charge < -0.3 is 15.7 Å². The molecule has 6 nitrogen and oxygen atoms in total.